The van der Waals surface area contributed by atoms with E-state index in [1.807, 2.05) is 18.2 Å². The largest absolute Gasteiger partial charge is 0.396 e. The van der Waals surface area contributed by atoms with Gasteiger partial charge in [0.05, 0.1) is 22.4 Å². The first-order valence-electron chi connectivity index (χ1n) is 7.78. The molecule has 0 radical (unpaired) electrons. The fraction of sp³-hybridized carbons (Fsp3) is 0. The molecule has 0 aliphatic rings. The van der Waals surface area contributed by atoms with Gasteiger partial charge in [-0.25, -0.2) is 16.4 Å². The fourth-order valence-corrected chi connectivity index (χ4v) is 2.89. The van der Waals surface area contributed by atoms with Crippen molar-refractivity contribution in [3.63, 3.8) is 0 Å². The molecular formula is C17H16N8O. The van der Waals surface area contributed by atoms with Crippen molar-refractivity contribution in [2.75, 3.05) is 5.73 Å². The molecule has 0 saturated heterocycles. The number of nitrogens with two attached hydrogens (primary N) is 3. The van der Waals surface area contributed by atoms with Crippen LogP contribution in [-0.2, 0) is 0 Å². The van der Waals surface area contributed by atoms with Gasteiger partial charge in [-0.1, -0.05) is 12.1 Å². The van der Waals surface area contributed by atoms with E-state index in [4.69, 9.17) is 17.3 Å². The predicted octanol–water partition coefficient (Wildman–Crippen LogP) is 0.737. The second-order valence-corrected chi connectivity index (χ2v) is 5.73. The number of benzene rings is 2. The molecular weight excluding hydrogens is 332 g/mol. The van der Waals surface area contributed by atoms with E-state index in [0.717, 1.165) is 5.52 Å². The number of rotatable bonds is 3. The monoisotopic (exact) mass is 348 g/mol. The molecule has 0 aliphatic heterocycles. The van der Waals surface area contributed by atoms with Gasteiger partial charge in [-0.05, 0) is 30.3 Å². The van der Waals surface area contributed by atoms with E-state index in [0.29, 0.717) is 33.4 Å². The van der Waals surface area contributed by atoms with Gasteiger partial charge < -0.3 is 21.4 Å². The van der Waals surface area contributed by atoms with Crippen molar-refractivity contribution in [3.05, 3.63) is 58.4 Å². The van der Waals surface area contributed by atoms with Crippen LogP contribution >= 0.6 is 0 Å². The van der Waals surface area contributed by atoms with E-state index in [-0.39, 0.29) is 17.1 Å². The minimum Gasteiger partial charge on any atom is -0.396 e. The van der Waals surface area contributed by atoms with Crippen molar-refractivity contribution in [2.45, 2.75) is 0 Å². The summed E-state index contributed by atoms with van der Waals surface area (Å²) in [5.74, 6) is 5.38. The number of hydrazone groups is 1. The Morgan fingerprint density at radius 1 is 1.12 bits per heavy atom. The van der Waals surface area contributed by atoms with Crippen molar-refractivity contribution >= 4 is 33.5 Å². The van der Waals surface area contributed by atoms with E-state index in [9.17, 15) is 4.79 Å². The molecule has 9 N–H and O–H groups in total. The smallest absolute Gasteiger partial charge is 0.276 e. The summed E-state index contributed by atoms with van der Waals surface area (Å²) >= 11 is 0. The number of anilines is 1. The van der Waals surface area contributed by atoms with Crippen LogP contribution in [0.15, 0.2) is 52.4 Å². The van der Waals surface area contributed by atoms with Crippen LogP contribution in [0.3, 0.4) is 0 Å². The van der Waals surface area contributed by atoms with Gasteiger partial charge in [0.1, 0.15) is 0 Å². The van der Waals surface area contributed by atoms with Crippen molar-refractivity contribution in [3.8, 4) is 11.4 Å². The molecule has 9 heteroatoms. The molecule has 2 aromatic heterocycles. The topological polar surface area (TPSA) is 164 Å². The second kappa shape index (κ2) is 5.90. The maximum absolute atomic E-state index is 12.5. The zero-order valence-electron chi connectivity index (χ0n) is 13.6. The molecule has 0 fully saturated rings. The third-order valence-corrected chi connectivity index (χ3v) is 4.16. The lowest BCUT2D eigenvalue weighted by molar-refractivity contribution is 0.804. The van der Waals surface area contributed by atoms with Crippen molar-refractivity contribution in [1.29, 1.82) is 0 Å². The Morgan fingerprint density at radius 3 is 2.73 bits per heavy atom. The van der Waals surface area contributed by atoms with Crippen molar-refractivity contribution < 1.29 is 0 Å². The first-order chi connectivity index (χ1) is 12.6. The molecule has 0 unspecified atom stereocenters. The lowest BCUT2D eigenvalue weighted by atomic mass is 10.1. The van der Waals surface area contributed by atoms with Crippen molar-refractivity contribution in [1.82, 2.24) is 20.5 Å². The minimum absolute atomic E-state index is 0.221. The number of hydrazine groups is 1. The molecule has 0 amide bonds. The lowest BCUT2D eigenvalue weighted by Gasteiger charge is -2.02. The number of hydrogen-bond donors (Lipinski definition) is 6. The van der Waals surface area contributed by atoms with Gasteiger partial charge in [-0.2, -0.15) is 0 Å². The average Bonchev–Trinajstić information content (AvgIpc) is 2.97. The molecule has 0 spiro atoms. The molecule has 0 bridgehead atoms. The highest BCUT2D eigenvalue weighted by Gasteiger charge is 2.16. The maximum Gasteiger partial charge on any atom is 0.276 e. The number of aromatic amines is 2. The van der Waals surface area contributed by atoms with Crippen LogP contribution < -0.4 is 28.4 Å². The maximum atomic E-state index is 12.5. The van der Waals surface area contributed by atoms with Gasteiger partial charge in [0.15, 0.2) is 11.5 Å². The van der Waals surface area contributed by atoms with Crippen LogP contribution in [-0.4, -0.2) is 20.8 Å². The number of H-pyrrole nitrogens is 2. The molecule has 0 atom stereocenters. The number of fused-ring (bicyclic) bond motifs is 2. The first-order valence-corrected chi connectivity index (χ1v) is 7.78. The van der Waals surface area contributed by atoms with Gasteiger partial charge >= 0.3 is 0 Å². The first kappa shape index (κ1) is 15.7. The van der Waals surface area contributed by atoms with Crippen LogP contribution in [0.4, 0.5) is 5.69 Å². The number of aromatic nitrogens is 3. The molecule has 4 aromatic rings. The summed E-state index contributed by atoms with van der Waals surface area (Å²) in [5.41, 5.74) is 17.8. The summed E-state index contributed by atoms with van der Waals surface area (Å²) in [6.07, 6.45) is 0. The predicted molar refractivity (Wildman–Crippen MR) is 102 cm³/mol. The van der Waals surface area contributed by atoms with E-state index in [2.05, 4.69) is 25.6 Å². The Kier molecular flexibility index (Phi) is 3.55. The Morgan fingerprint density at radius 2 is 1.92 bits per heavy atom. The SMILES string of the molecule is NN/N=C(\N)c1ccc2[nH]c(-c3nc4ccccc4[nH]c3=O)c(N)c2c1. The van der Waals surface area contributed by atoms with Gasteiger partial charge in [0.25, 0.3) is 5.56 Å². The lowest BCUT2D eigenvalue weighted by Crippen LogP contribution is -2.22. The van der Waals surface area contributed by atoms with Gasteiger partial charge in [-0.15, -0.1) is 5.10 Å². The summed E-state index contributed by atoms with van der Waals surface area (Å²) < 4.78 is 0. The number of amidine groups is 1. The summed E-state index contributed by atoms with van der Waals surface area (Å²) in [6, 6.07) is 12.7. The van der Waals surface area contributed by atoms with Gasteiger partial charge in [0, 0.05) is 16.5 Å². The number of nitrogens with zero attached hydrogens (tertiary/aromatic N) is 2. The van der Waals surface area contributed by atoms with Gasteiger partial charge in [0.2, 0.25) is 0 Å². The van der Waals surface area contributed by atoms with Gasteiger partial charge in [-0.3, -0.25) is 4.79 Å². The number of hydrogen-bond acceptors (Lipinski definition) is 6. The highest BCUT2D eigenvalue weighted by Crippen LogP contribution is 2.31. The number of nitrogen functional groups attached to an aromatic ring is 1. The standard InChI is InChI=1S/C17H16N8O/c18-13-9-7-8(16(19)24-25-20)5-6-10(9)21-14(13)15-17(26)23-12-4-2-1-3-11(12)22-15/h1-7,21,25H,18,20H2,(H2,19,24)(H,23,26). The summed E-state index contributed by atoms with van der Waals surface area (Å²) in [7, 11) is 0. The van der Waals surface area contributed by atoms with Crippen LogP contribution in [0.5, 0.6) is 0 Å². The van der Waals surface area contributed by atoms with Crippen LogP contribution in [0.25, 0.3) is 33.3 Å². The van der Waals surface area contributed by atoms with Crippen LogP contribution in [0.1, 0.15) is 5.56 Å². The molecule has 0 aliphatic carbocycles. The van der Waals surface area contributed by atoms with E-state index >= 15 is 0 Å². The van der Waals surface area contributed by atoms with E-state index < -0.39 is 0 Å². The van der Waals surface area contributed by atoms with E-state index in [1.54, 1.807) is 24.3 Å². The van der Waals surface area contributed by atoms with Crippen molar-refractivity contribution in [2.24, 2.45) is 16.7 Å². The molecule has 2 heterocycles. The zero-order valence-corrected chi connectivity index (χ0v) is 13.6. The van der Waals surface area contributed by atoms with Crippen LogP contribution in [0, 0.1) is 0 Å². The Bertz CT molecular complexity index is 1220. The third kappa shape index (κ3) is 2.43. The number of nitrogens with one attached hydrogen (secondary N) is 3. The van der Waals surface area contributed by atoms with Crippen LogP contribution in [0.2, 0.25) is 0 Å². The summed E-state index contributed by atoms with van der Waals surface area (Å²) in [5, 5.41) is 4.46. The zero-order chi connectivity index (χ0) is 18.3. The second-order valence-electron chi connectivity index (χ2n) is 5.73. The molecule has 9 nitrogen and oxygen atoms in total. The average molecular weight is 348 g/mol. The Balaban J connectivity index is 1.93. The quantitative estimate of drug-likeness (QED) is 0.138. The number of para-hydroxylation sites is 2. The Labute approximate surface area is 146 Å². The molecule has 130 valence electrons. The summed E-state index contributed by atoms with van der Waals surface area (Å²) in [6.45, 7) is 0. The normalized spacial score (nSPS) is 12.0. The Hall–Kier alpha value is -3.85. The third-order valence-electron chi connectivity index (χ3n) is 4.16. The molecule has 0 saturated carbocycles. The molecule has 2 aromatic carbocycles. The minimum atomic E-state index is -0.324. The van der Waals surface area contributed by atoms with E-state index in [1.165, 1.54) is 0 Å². The summed E-state index contributed by atoms with van der Waals surface area (Å²) in [4.78, 5) is 22.9. The highest BCUT2D eigenvalue weighted by molar-refractivity contribution is 6.05. The highest BCUT2D eigenvalue weighted by atomic mass is 16.1. The molecule has 4 rings (SSSR count). The fourth-order valence-electron chi connectivity index (χ4n) is 2.89. The molecule has 26 heavy (non-hydrogen) atoms.